The van der Waals surface area contributed by atoms with Gasteiger partial charge in [0.15, 0.2) is 5.78 Å². The monoisotopic (exact) mass is 383 g/mol. The quantitative estimate of drug-likeness (QED) is 0.531. The summed E-state index contributed by atoms with van der Waals surface area (Å²) >= 11 is 0. The molecule has 1 amide bonds. The Kier molecular flexibility index (Phi) is 8.95. The number of ether oxygens (including phenoxy) is 3. The van der Waals surface area contributed by atoms with Crippen molar-refractivity contribution in [1.29, 1.82) is 0 Å². The fourth-order valence-corrected chi connectivity index (χ4v) is 3.59. The van der Waals surface area contributed by atoms with Crippen LogP contribution in [0.5, 0.6) is 0 Å². The number of morpholine rings is 1. The van der Waals surface area contributed by atoms with Gasteiger partial charge in [-0.2, -0.15) is 0 Å². The van der Waals surface area contributed by atoms with Gasteiger partial charge < -0.3 is 19.1 Å². The molecule has 1 rings (SSSR count). The second kappa shape index (κ2) is 10.2. The van der Waals surface area contributed by atoms with Gasteiger partial charge in [-0.3, -0.25) is 4.79 Å². The van der Waals surface area contributed by atoms with E-state index in [0.717, 1.165) is 12.8 Å². The molecule has 0 aliphatic carbocycles. The molecule has 0 saturated carbocycles. The van der Waals surface area contributed by atoms with Gasteiger partial charge in [0, 0.05) is 19.5 Å². The van der Waals surface area contributed by atoms with E-state index in [1.807, 2.05) is 20.8 Å². The smallest absolute Gasteiger partial charge is 0.410 e. The molecule has 6 nitrogen and oxygen atoms in total. The fourth-order valence-electron chi connectivity index (χ4n) is 3.59. The summed E-state index contributed by atoms with van der Waals surface area (Å²) in [6, 6.07) is 0. The molecule has 6 heteroatoms. The van der Waals surface area contributed by atoms with Crippen LogP contribution in [0.2, 0.25) is 0 Å². The Bertz CT molecular complexity index is 529. The van der Waals surface area contributed by atoms with Crippen molar-refractivity contribution in [2.24, 2.45) is 0 Å². The largest absolute Gasteiger partial charge is 0.443 e. The van der Waals surface area contributed by atoms with Gasteiger partial charge in [0.05, 0.1) is 19.3 Å². The van der Waals surface area contributed by atoms with Crippen molar-refractivity contribution < 1.29 is 23.8 Å². The Hall–Kier alpha value is -1.40. The first-order chi connectivity index (χ1) is 12.6. The molecule has 0 spiro atoms. The highest BCUT2D eigenvalue weighted by Crippen LogP contribution is 2.30. The standard InChI is InChI=1S/C21H37NO5/c1-8-10-20(6,27-19(24)22-11-13-25-14-12-22)15-17(5)26-21(7,9-2)18(23)16(3)4/h17H,3,8-15H2,1-2,4-7H3. The second-order valence-electron chi connectivity index (χ2n) is 7.99. The summed E-state index contributed by atoms with van der Waals surface area (Å²) < 4.78 is 17.3. The Morgan fingerprint density at radius 3 is 2.30 bits per heavy atom. The van der Waals surface area contributed by atoms with Gasteiger partial charge in [0.2, 0.25) is 0 Å². The van der Waals surface area contributed by atoms with Crippen molar-refractivity contribution in [2.75, 3.05) is 26.3 Å². The third kappa shape index (κ3) is 6.92. The number of carbonyl (C=O) groups is 2. The predicted molar refractivity (Wildman–Crippen MR) is 106 cm³/mol. The number of hydrogen-bond donors (Lipinski definition) is 0. The van der Waals surface area contributed by atoms with E-state index in [1.165, 1.54) is 0 Å². The maximum Gasteiger partial charge on any atom is 0.410 e. The van der Waals surface area contributed by atoms with Gasteiger partial charge in [-0.15, -0.1) is 0 Å². The number of amides is 1. The number of hydrogen-bond acceptors (Lipinski definition) is 5. The van der Waals surface area contributed by atoms with Gasteiger partial charge in [-0.05, 0) is 46.1 Å². The fraction of sp³-hybridized carbons (Fsp3) is 0.810. The maximum absolute atomic E-state index is 12.6. The SMILES string of the molecule is C=C(C)C(=O)C(C)(CC)OC(C)CC(C)(CCC)OC(=O)N1CCOCC1. The molecule has 0 aromatic rings. The van der Waals surface area contributed by atoms with Gasteiger partial charge in [-0.1, -0.05) is 26.8 Å². The van der Waals surface area contributed by atoms with Crippen LogP contribution >= 0.6 is 0 Å². The summed E-state index contributed by atoms with van der Waals surface area (Å²) in [4.78, 5) is 26.7. The first-order valence-electron chi connectivity index (χ1n) is 10.0. The Labute approximate surface area is 164 Å². The van der Waals surface area contributed by atoms with Gasteiger partial charge in [-0.25, -0.2) is 4.79 Å². The highest BCUT2D eigenvalue weighted by Gasteiger charge is 2.38. The first kappa shape index (κ1) is 23.6. The summed E-state index contributed by atoms with van der Waals surface area (Å²) in [7, 11) is 0. The molecule has 27 heavy (non-hydrogen) atoms. The van der Waals surface area contributed by atoms with Gasteiger partial charge in [0.25, 0.3) is 0 Å². The summed E-state index contributed by atoms with van der Waals surface area (Å²) in [5, 5.41) is 0. The van der Waals surface area contributed by atoms with Crippen molar-refractivity contribution in [3.63, 3.8) is 0 Å². The van der Waals surface area contributed by atoms with Crippen molar-refractivity contribution >= 4 is 11.9 Å². The Morgan fingerprint density at radius 1 is 1.22 bits per heavy atom. The number of Topliss-reactive ketones (excluding diaryl/α,β-unsaturated/α-hetero) is 1. The lowest BCUT2D eigenvalue weighted by molar-refractivity contribution is -0.151. The molecule has 1 fully saturated rings. The summed E-state index contributed by atoms with van der Waals surface area (Å²) in [6.45, 7) is 17.3. The molecular formula is C21H37NO5. The van der Waals surface area contributed by atoms with E-state index in [-0.39, 0.29) is 18.0 Å². The van der Waals surface area contributed by atoms with Gasteiger partial charge >= 0.3 is 6.09 Å². The van der Waals surface area contributed by atoms with E-state index >= 15 is 0 Å². The average Bonchev–Trinajstić information content (AvgIpc) is 2.61. The Morgan fingerprint density at radius 2 is 1.81 bits per heavy atom. The van der Waals surface area contributed by atoms with E-state index in [1.54, 1.807) is 18.7 Å². The zero-order valence-corrected chi connectivity index (χ0v) is 17.9. The highest BCUT2D eigenvalue weighted by molar-refractivity contribution is 6.00. The topological polar surface area (TPSA) is 65.1 Å². The van der Waals surface area contributed by atoms with Gasteiger partial charge in [0.1, 0.15) is 11.2 Å². The molecule has 3 atom stereocenters. The van der Waals surface area contributed by atoms with Crippen LogP contribution in [0.1, 0.15) is 67.2 Å². The molecule has 156 valence electrons. The molecule has 0 bridgehead atoms. The van der Waals surface area contributed by atoms with Crippen LogP contribution in [0.25, 0.3) is 0 Å². The number of rotatable bonds is 10. The van der Waals surface area contributed by atoms with E-state index < -0.39 is 11.2 Å². The first-order valence-corrected chi connectivity index (χ1v) is 10.0. The van der Waals surface area contributed by atoms with E-state index in [9.17, 15) is 9.59 Å². The molecule has 0 aromatic carbocycles. The molecule has 1 aliphatic rings. The minimum absolute atomic E-state index is 0.0839. The van der Waals surface area contributed by atoms with Crippen LogP contribution in [-0.2, 0) is 19.0 Å². The Balaban J connectivity index is 2.79. The third-order valence-corrected chi connectivity index (χ3v) is 5.10. The van der Waals surface area contributed by atoms with Crippen LogP contribution < -0.4 is 0 Å². The van der Waals surface area contributed by atoms with E-state index in [0.29, 0.717) is 44.7 Å². The second-order valence-corrected chi connectivity index (χ2v) is 7.99. The molecule has 1 saturated heterocycles. The van der Waals surface area contributed by atoms with Crippen LogP contribution in [0, 0.1) is 0 Å². The lowest BCUT2D eigenvalue weighted by Gasteiger charge is -2.37. The molecule has 1 heterocycles. The highest BCUT2D eigenvalue weighted by atomic mass is 16.6. The molecule has 0 radical (unpaired) electrons. The van der Waals surface area contributed by atoms with Crippen molar-refractivity contribution in [1.82, 2.24) is 4.90 Å². The van der Waals surface area contributed by atoms with Crippen LogP contribution in [0.4, 0.5) is 4.79 Å². The third-order valence-electron chi connectivity index (χ3n) is 5.10. The normalized spacial score (nSPS) is 20.3. The van der Waals surface area contributed by atoms with Crippen molar-refractivity contribution in [2.45, 2.75) is 84.5 Å². The van der Waals surface area contributed by atoms with E-state index in [2.05, 4.69) is 13.5 Å². The van der Waals surface area contributed by atoms with Crippen molar-refractivity contribution in [3.8, 4) is 0 Å². The molecule has 0 N–H and O–H groups in total. The van der Waals surface area contributed by atoms with Crippen LogP contribution in [-0.4, -0.2) is 60.4 Å². The zero-order chi connectivity index (χ0) is 20.7. The minimum atomic E-state index is -0.910. The molecule has 0 aromatic heterocycles. The molecular weight excluding hydrogens is 346 g/mol. The predicted octanol–water partition coefficient (Wildman–Crippen LogP) is 4.12. The summed E-state index contributed by atoms with van der Waals surface area (Å²) in [5.74, 6) is -0.0839. The van der Waals surface area contributed by atoms with E-state index in [4.69, 9.17) is 14.2 Å². The summed E-state index contributed by atoms with van der Waals surface area (Å²) in [5.41, 5.74) is -1.07. The van der Waals surface area contributed by atoms with Crippen molar-refractivity contribution in [3.05, 3.63) is 12.2 Å². The minimum Gasteiger partial charge on any atom is -0.443 e. The van der Waals surface area contributed by atoms with Crippen LogP contribution in [0.3, 0.4) is 0 Å². The lowest BCUT2D eigenvalue weighted by Crippen LogP contribution is -2.47. The molecule has 3 unspecified atom stereocenters. The van der Waals surface area contributed by atoms with Crippen LogP contribution in [0.15, 0.2) is 12.2 Å². The summed E-state index contributed by atoms with van der Waals surface area (Å²) in [6.07, 6.45) is 2.14. The number of carbonyl (C=O) groups excluding carboxylic acids is 2. The average molecular weight is 384 g/mol. The number of ketones is 1. The zero-order valence-electron chi connectivity index (χ0n) is 17.9. The number of nitrogens with zero attached hydrogens (tertiary/aromatic N) is 1. The lowest BCUT2D eigenvalue weighted by atomic mass is 9.90. The molecule has 1 aliphatic heterocycles. The maximum atomic E-state index is 12.6.